The summed E-state index contributed by atoms with van der Waals surface area (Å²) >= 11 is 3.46. The number of carbonyl (C=O) groups is 1. The van der Waals surface area contributed by atoms with Crippen molar-refractivity contribution >= 4 is 21.7 Å². The van der Waals surface area contributed by atoms with Crippen LogP contribution in [-0.4, -0.2) is 5.78 Å². The van der Waals surface area contributed by atoms with E-state index in [2.05, 4.69) is 15.9 Å². The first kappa shape index (κ1) is 12.8. The van der Waals surface area contributed by atoms with E-state index in [1.807, 2.05) is 25.1 Å². The SMILES string of the molecule is CC(=O)c1ccc(Oc2ccc(C)cc2Br)cc1. The lowest BCUT2D eigenvalue weighted by atomic mass is 10.1. The average Bonchev–Trinajstić information content (AvgIpc) is 2.33. The number of carbonyl (C=O) groups excluding carboxylic acids is 1. The number of hydrogen-bond acceptors (Lipinski definition) is 2. The zero-order valence-corrected chi connectivity index (χ0v) is 11.8. The van der Waals surface area contributed by atoms with Gasteiger partial charge < -0.3 is 4.74 Å². The van der Waals surface area contributed by atoms with Crippen molar-refractivity contribution in [3.63, 3.8) is 0 Å². The molecule has 18 heavy (non-hydrogen) atoms. The maximum atomic E-state index is 11.2. The average molecular weight is 305 g/mol. The van der Waals surface area contributed by atoms with Crippen LogP contribution in [0.4, 0.5) is 0 Å². The highest BCUT2D eigenvalue weighted by Gasteiger charge is 2.04. The van der Waals surface area contributed by atoms with Crippen molar-refractivity contribution < 1.29 is 9.53 Å². The molecule has 0 atom stereocenters. The first-order valence-electron chi connectivity index (χ1n) is 5.61. The van der Waals surface area contributed by atoms with E-state index in [1.165, 1.54) is 5.56 Å². The predicted octanol–water partition coefficient (Wildman–Crippen LogP) is 4.75. The Morgan fingerprint density at radius 1 is 1.11 bits per heavy atom. The van der Waals surface area contributed by atoms with Crippen molar-refractivity contribution in [2.24, 2.45) is 0 Å². The summed E-state index contributed by atoms with van der Waals surface area (Å²) in [5, 5.41) is 0. The highest BCUT2D eigenvalue weighted by molar-refractivity contribution is 9.10. The number of benzene rings is 2. The van der Waals surface area contributed by atoms with Gasteiger partial charge >= 0.3 is 0 Å². The van der Waals surface area contributed by atoms with E-state index in [4.69, 9.17) is 4.74 Å². The summed E-state index contributed by atoms with van der Waals surface area (Å²) < 4.78 is 6.66. The molecule has 0 heterocycles. The fourth-order valence-electron chi connectivity index (χ4n) is 1.57. The van der Waals surface area contributed by atoms with E-state index in [-0.39, 0.29) is 5.78 Å². The van der Waals surface area contributed by atoms with Crippen molar-refractivity contribution in [2.45, 2.75) is 13.8 Å². The number of Topliss-reactive ketones (excluding diaryl/α,β-unsaturated/α-hetero) is 1. The number of halogens is 1. The molecule has 0 aliphatic heterocycles. The molecule has 0 aliphatic carbocycles. The van der Waals surface area contributed by atoms with Crippen LogP contribution < -0.4 is 4.74 Å². The molecule has 0 saturated heterocycles. The molecule has 3 heteroatoms. The van der Waals surface area contributed by atoms with E-state index in [1.54, 1.807) is 31.2 Å². The quantitative estimate of drug-likeness (QED) is 0.765. The standard InChI is InChI=1S/C15H13BrO2/c1-10-3-8-15(14(16)9-10)18-13-6-4-12(5-7-13)11(2)17/h3-9H,1-2H3. The Balaban J connectivity index is 2.21. The first-order chi connectivity index (χ1) is 8.56. The maximum absolute atomic E-state index is 11.2. The van der Waals surface area contributed by atoms with Gasteiger partial charge in [-0.1, -0.05) is 6.07 Å². The number of ketones is 1. The third kappa shape index (κ3) is 2.99. The summed E-state index contributed by atoms with van der Waals surface area (Å²) in [7, 11) is 0. The summed E-state index contributed by atoms with van der Waals surface area (Å²) in [5.41, 5.74) is 1.85. The molecule has 0 spiro atoms. The van der Waals surface area contributed by atoms with Crippen LogP contribution in [0.15, 0.2) is 46.9 Å². The highest BCUT2D eigenvalue weighted by atomic mass is 79.9. The summed E-state index contributed by atoms with van der Waals surface area (Å²) in [4.78, 5) is 11.2. The molecule has 92 valence electrons. The Morgan fingerprint density at radius 3 is 2.33 bits per heavy atom. The van der Waals surface area contributed by atoms with Gasteiger partial charge in [-0.15, -0.1) is 0 Å². The molecular weight excluding hydrogens is 292 g/mol. The summed E-state index contributed by atoms with van der Waals surface area (Å²) in [6.07, 6.45) is 0. The molecule has 0 amide bonds. The summed E-state index contributed by atoms with van der Waals surface area (Å²) in [5.74, 6) is 1.53. The van der Waals surface area contributed by atoms with E-state index >= 15 is 0 Å². The minimum atomic E-state index is 0.0538. The Labute approximate surface area is 115 Å². The molecule has 0 fully saturated rings. The molecule has 0 N–H and O–H groups in total. The number of hydrogen-bond donors (Lipinski definition) is 0. The van der Waals surface area contributed by atoms with Gasteiger partial charge in [-0.2, -0.15) is 0 Å². The number of rotatable bonds is 3. The van der Waals surface area contributed by atoms with Crippen molar-refractivity contribution in [1.82, 2.24) is 0 Å². The Kier molecular flexibility index (Phi) is 3.82. The third-order valence-electron chi connectivity index (χ3n) is 2.58. The van der Waals surface area contributed by atoms with Crippen molar-refractivity contribution in [3.05, 3.63) is 58.1 Å². The number of aryl methyl sites for hydroxylation is 1. The predicted molar refractivity (Wildman–Crippen MR) is 75.4 cm³/mol. The van der Waals surface area contributed by atoms with Gasteiger partial charge in [-0.05, 0) is 71.7 Å². The van der Waals surface area contributed by atoms with E-state index < -0.39 is 0 Å². The molecule has 2 aromatic rings. The largest absolute Gasteiger partial charge is 0.456 e. The van der Waals surface area contributed by atoms with Gasteiger partial charge in [0, 0.05) is 5.56 Å². The van der Waals surface area contributed by atoms with E-state index in [0.717, 1.165) is 10.2 Å². The molecule has 2 aromatic carbocycles. The Bertz CT molecular complexity index is 574. The van der Waals surface area contributed by atoms with E-state index in [0.29, 0.717) is 11.3 Å². The molecule has 0 aromatic heterocycles. The van der Waals surface area contributed by atoms with Gasteiger partial charge in [-0.25, -0.2) is 0 Å². The molecule has 2 rings (SSSR count). The van der Waals surface area contributed by atoms with Crippen LogP contribution in [0, 0.1) is 6.92 Å². The van der Waals surface area contributed by atoms with Crippen molar-refractivity contribution in [3.8, 4) is 11.5 Å². The van der Waals surface area contributed by atoms with Gasteiger partial charge in [-0.3, -0.25) is 4.79 Å². The zero-order chi connectivity index (χ0) is 13.1. The highest BCUT2D eigenvalue weighted by Crippen LogP contribution is 2.30. The molecule has 0 unspecified atom stereocenters. The second-order valence-electron chi connectivity index (χ2n) is 4.12. The topological polar surface area (TPSA) is 26.3 Å². The zero-order valence-electron chi connectivity index (χ0n) is 10.2. The van der Waals surface area contributed by atoms with E-state index in [9.17, 15) is 4.79 Å². The van der Waals surface area contributed by atoms with Crippen LogP contribution in [0.25, 0.3) is 0 Å². The molecular formula is C15H13BrO2. The summed E-state index contributed by atoms with van der Waals surface area (Å²) in [6.45, 7) is 3.57. The second kappa shape index (κ2) is 5.36. The van der Waals surface area contributed by atoms with Crippen molar-refractivity contribution in [1.29, 1.82) is 0 Å². The fourth-order valence-corrected chi connectivity index (χ4v) is 2.15. The van der Waals surface area contributed by atoms with Crippen LogP contribution in [0.3, 0.4) is 0 Å². The van der Waals surface area contributed by atoms with Gasteiger partial charge in [0.1, 0.15) is 11.5 Å². The summed E-state index contributed by atoms with van der Waals surface area (Å²) in [6, 6.07) is 13.0. The molecule has 0 radical (unpaired) electrons. The monoisotopic (exact) mass is 304 g/mol. The Hall–Kier alpha value is -1.61. The molecule has 0 saturated carbocycles. The van der Waals surface area contributed by atoms with Gasteiger partial charge in [0.2, 0.25) is 0 Å². The fraction of sp³-hybridized carbons (Fsp3) is 0.133. The third-order valence-corrected chi connectivity index (χ3v) is 3.20. The number of ether oxygens (including phenoxy) is 1. The smallest absolute Gasteiger partial charge is 0.159 e. The molecule has 0 bridgehead atoms. The van der Waals surface area contributed by atoms with Crippen LogP contribution >= 0.6 is 15.9 Å². The molecule has 2 nitrogen and oxygen atoms in total. The van der Waals surface area contributed by atoms with Gasteiger partial charge in [0.15, 0.2) is 5.78 Å². The lowest BCUT2D eigenvalue weighted by molar-refractivity contribution is 0.101. The van der Waals surface area contributed by atoms with Gasteiger partial charge in [0.05, 0.1) is 4.47 Å². The van der Waals surface area contributed by atoms with Crippen LogP contribution in [-0.2, 0) is 0 Å². The van der Waals surface area contributed by atoms with Crippen LogP contribution in [0.5, 0.6) is 11.5 Å². The first-order valence-corrected chi connectivity index (χ1v) is 6.40. The minimum Gasteiger partial charge on any atom is -0.456 e. The normalized spacial score (nSPS) is 10.2. The Morgan fingerprint density at radius 2 is 1.78 bits per heavy atom. The second-order valence-corrected chi connectivity index (χ2v) is 4.97. The molecule has 0 aliphatic rings. The lowest BCUT2D eigenvalue weighted by Crippen LogP contribution is -1.92. The van der Waals surface area contributed by atoms with Crippen LogP contribution in [0.2, 0.25) is 0 Å². The van der Waals surface area contributed by atoms with Crippen molar-refractivity contribution in [2.75, 3.05) is 0 Å². The maximum Gasteiger partial charge on any atom is 0.159 e. The minimum absolute atomic E-state index is 0.0538. The van der Waals surface area contributed by atoms with Crippen LogP contribution in [0.1, 0.15) is 22.8 Å². The lowest BCUT2D eigenvalue weighted by Gasteiger charge is -2.08. The van der Waals surface area contributed by atoms with Gasteiger partial charge in [0.25, 0.3) is 0 Å².